The molecule has 2 aromatic heterocycles. The number of imidazole rings is 1. The van der Waals surface area contributed by atoms with Crippen LogP contribution >= 0.6 is 11.6 Å². The van der Waals surface area contributed by atoms with Gasteiger partial charge >= 0.3 is 0 Å². The van der Waals surface area contributed by atoms with E-state index < -0.39 is 0 Å². The van der Waals surface area contributed by atoms with Gasteiger partial charge in [0.15, 0.2) is 0 Å². The van der Waals surface area contributed by atoms with Gasteiger partial charge in [-0.15, -0.1) is 11.6 Å². The van der Waals surface area contributed by atoms with Crippen molar-refractivity contribution in [3.8, 4) is 11.8 Å². The molecule has 0 aliphatic carbocycles. The lowest BCUT2D eigenvalue weighted by molar-refractivity contribution is 0.912. The monoisotopic (exact) mass is 282 g/mol. The minimum atomic E-state index is 0.507. The minimum Gasteiger partial charge on any atom is -0.296 e. The van der Waals surface area contributed by atoms with E-state index in [0.29, 0.717) is 17.9 Å². The number of benzene rings is 1. The van der Waals surface area contributed by atoms with Gasteiger partial charge in [0, 0.05) is 24.2 Å². The Bertz CT molecular complexity index is 784. The van der Waals surface area contributed by atoms with Crippen molar-refractivity contribution in [1.29, 1.82) is 5.26 Å². The second-order valence-corrected chi connectivity index (χ2v) is 4.70. The fourth-order valence-corrected chi connectivity index (χ4v) is 2.38. The highest BCUT2D eigenvalue weighted by atomic mass is 35.5. The quantitative estimate of drug-likeness (QED) is 0.694. The molecule has 0 saturated heterocycles. The Hall–Kier alpha value is -2.38. The smallest absolute Gasteiger partial charge is 0.115 e. The van der Waals surface area contributed by atoms with E-state index in [0.717, 1.165) is 22.5 Å². The van der Waals surface area contributed by atoms with Crippen LogP contribution in [-0.2, 0) is 6.42 Å². The van der Waals surface area contributed by atoms with Gasteiger partial charge in [-0.2, -0.15) is 5.26 Å². The van der Waals surface area contributed by atoms with Gasteiger partial charge in [-0.05, 0) is 30.3 Å². The van der Waals surface area contributed by atoms with Crippen LogP contribution < -0.4 is 0 Å². The fraction of sp³-hybridized carbons (Fsp3) is 0.133. The topological polar surface area (TPSA) is 54.5 Å². The average Bonchev–Trinajstić information content (AvgIpc) is 2.86. The van der Waals surface area contributed by atoms with Crippen LogP contribution in [0.2, 0.25) is 0 Å². The number of pyridine rings is 1. The van der Waals surface area contributed by atoms with E-state index in [1.807, 2.05) is 18.2 Å². The molecule has 4 nitrogen and oxygen atoms in total. The van der Waals surface area contributed by atoms with E-state index in [4.69, 9.17) is 16.9 Å². The molecule has 0 fully saturated rings. The van der Waals surface area contributed by atoms with Crippen molar-refractivity contribution in [2.75, 3.05) is 5.88 Å². The molecule has 0 unspecified atom stereocenters. The Kier molecular flexibility index (Phi) is 3.36. The molecule has 0 aliphatic rings. The zero-order valence-corrected chi connectivity index (χ0v) is 11.4. The summed E-state index contributed by atoms with van der Waals surface area (Å²) in [4.78, 5) is 8.67. The first-order chi connectivity index (χ1) is 9.83. The number of hydrogen-bond donors (Lipinski definition) is 0. The van der Waals surface area contributed by atoms with Gasteiger partial charge < -0.3 is 0 Å². The molecule has 98 valence electrons. The molecule has 0 radical (unpaired) electrons. The third-order valence-corrected chi connectivity index (χ3v) is 3.29. The van der Waals surface area contributed by atoms with Crippen LogP contribution in [0.3, 0.4) is 0 Å². The van der Waals surface area contributed by atoms with Crippen LogP contribution in [0.25, 0.3) is 16.7 Å². The van der Waals surface area contributed by atoms with Crippen LogP contribution in [0, 0.1) is 11.3 Å². The highest BCUT2D eigenvalue weighted by Crippen LogP contribution is 2.21. The number of fused-ring (bicyclic) bond motifs is 1. The number of nitrogens with zero attached hydrogens (tertiary/aromatic N) is 4. The molecule has 0 saturated carbocycles. The lowest BCUT2D eigenvalue weighted by Gasteiger charge is -2.08. The maximum Gasteiger partial charge on any atom is 0.115 e. The van der Waals surface area contributed by atoms with Gasteiger partial charge in [0.25, 0.3) is 0 Å². The molecule has 3 aromatic rings. The third-order valence-electron chi connectivity index (χ3n) is 3.10. The van der Waals surface area contributed by atoms with E-state index in [1.165, 1.54) is 0 Å². The summed E-state index contributed by atoms with van der Waals surface area (Å²) in [5.74, 6) is 1.40. The maximum atomic E-state index is 8.87. The predicted octanol–water partition coefficient (Wildman–Crippen LogP) is 3.07. The number of rotatable bonds is 3. The van der Waals surface area contributed by atoms with Crippen LogP contribution in [0.5, 0.6) is 0 Å². The molecule has 0 amide bonds. The van der Waals surface area contributed by atoms with Gasteiger partial charge in [-0.25, -0.2) is 4.98 Å². The summed E-state index contributed by atoms with van der Waals surface area (Å²) >= 11 is 5.86. The molecule has 2 heterocycles. The summed E-state index contributed by atoms with van der Waals surface area (Å²) < 4.78 is 2.06. The minimum absolute atomic E-state index is 0.507. The summed E-state index contributed by atoms with van der Waals surface area (Å²) in [6.07, 6.45) is 4.16. The molecular weight excluding hydrogens is 272 g/mol. The summed E-state index contributed by atoms with van der Waals surface area (Å²) in [5, 5.41) is 8.87. The SMILES string of the molecule is N#Cc1ccc(-n2c(CCCl)nc3cnccc32)cc1. The molecular formula is C15H11ClN4. The molecule has 0 aliphatic heterocycles. The molecule has 20 heavy (non-hydrogen) atoms. The summed E-state index contributed by atoms with van der Waals surface area (Å²) in [7, 11) is 0. The van der Waals surface area contributed by atoms with Gasteiger partial charge in [0.2, 0.25) is 0 Å². The van der Waals surface area contributed by atoms with Crippen molar-refractivity contribution in [3.63, 3.8) is 0 Å². The van der Waals surface area contributed by atoms with Gasteiger partial charge in [0.1, 0.15) is 11.3 Å². The van der Waals surface area contributed by atoms with Crippen LogP contribution in [0.15, 0.2) is 42.7 Å². The second-order valence-electron chi connectivity index (χ2n) is 4.33. The molecule has 1 aromatic carbocycles. The molecule has 5 heteroatoms. The number of aryl methyl sites for hydroxylation is 1. The molecule has 0 N–H and O–H groups in total. The van der Waals surface area contributed by atoms with Gasteiger partial charge in [-0.3, -0.25) is 9.55 Å². The Morgan fingerprint density at radius 2 is 2.00 bits per heavy atom. The van der Waals surface area contributed by atoms with E-state index in [1.54, 1.807) is 24.5 Å². The Morgan fingerprint density at radius 1 is 1.20 bits per heavy atom. The molecule has 0 bridgehead atoms. The normalized spacial score (nSPS) is 10.6. The lowest BCUT2D eigenvalue weighted by atomic mass is 10.2. The van der Waals surface area contributed by atoms with Crippen molar-refractivity contribution in [2.45, 2.75) is 6.42 Å². The number of nitriles is 1. The molecule has 3 rings (SSSR count). The first-order valence-corrected chi connectivity index (χ1v) is 6.75. The Morgan fingerprint density at radius 3 is 2.70 bits per heavy atom. The highest BCUT2D eigenvalue weighted by Gasteiger charge is 2.11. The molecule has 0 atom stereocenters. The first kappa shape index (κ1) is 12.6. The first-order valence-electron chi connectivity index (χ1n) is 6.21. The zero-order chi connectivity index (χ0) is 13.9. The number of hydrogen-bond acceptors (Lipinski definition) is 3. The Labute approximate surface area is 121 Å². The van der Waals surface area contributed by atoms with Crippen molar-refractivity contribution in [2.24, 2.45) is 0 Å². The Balaban J connectivity index is 2.21. The van der Waals surface area contributed by atoms with Gasteiger partial charge in [0.05, 0.1) is 23.3 Å². The zero-order valence-electron chi connectivity index (χ0n) is 10.6. The predicted molar refractivity (Wildman–Crippen MR) is 78.0 cm³/mol. The van der Waals surface area contributed by atoms with E-state index in [9.17, 15) is 0 Å². The number of aromatic nitrogens is 3. The maximum absolute atomic E-state index is 8.87. The van der Waals surface area contributed by atoms with Crippen LogP contribution in [0.1, 0.15) is 11.4 Å². The van der Waals surface area contributed by atoms with Crippen LogP contribution in [-0.4, -0.2) is 20.4 Å². The third kappa shape index (κ3) is 2.13. The van der Waals surface area contributed by atoms with Crippen molar-refractivity contribution < 1.29 is 0 Å². The standard InChI is InChI=1S/C15H11ClN4/c16-7-5-15-19-13-10-18-8-6-14(13)20(15)12-3-1-11(9-17)2-4-12/h1-4,6,8,10H,5,7H2. The van der Waals surface area contributed by atoms with Gasteiger partial charge in [-0.1, -0.05) is 0 Å². The van der Waals surface area contributed by atoms with Crippen LogP contribution in [0.4, 0.5) is 0 Å². The summed E-state index contributed by atoms with van der Waals surface area (Å²) in [5.41, 5.74) is 3.44. The summed E-state index contributed by atoms with van der Waals surface area (Å²) in [6.45, 7) is 0. The van der Waals surface area contributed by atoms with Crippen molar-refractivity contribution in [3.05, 3.63) is 54.1 Å². The van der Waals surface area contributed by atoms with Crippen molar-refractivity contribution in [1.82, 2.24) is 14.5 Å². The highest BCUT2D eigenvalue weighted by molar-refractivity contribution is 6.17. The second kappa shape index (κ2) is 5.32. The fourth-order valence-electron chi connectivity index (χ4n) is 2.21. The van der Waals surface area contributed by atoms with E-state index >= 15 is 0 Å². The number of alkyl halides is 1. The average molecular weight is 283 g/mol. The van der Waals surface area contributed by atoms with E-state index in [2.05, 4.69) is 20.6 Å². The van der Waals surface area contributed by atoms with Crippen molar-refractivity contribution >= 4 is 22.6 Å². The largest absolute Gasteiger partial charge is 0.296 e. The van der Waals surface area contributed by atoms with E-state index in [-0.39, 0.29) is 0 Å². The lowest BCUT2D eigenvalue weighted by Crippen LogP contribution is -2.02. The summed E-state index contributed by atoms with van der Waals surface area (Å²) in [6, 6.07) is 11.5. The molecule has 0 spiro atoms. The number of halogens is 1.